The monoisotopic (exact) mass is 323 g/mol. The maximum absolute atomic E-state index is 12.2. The SMILES string of the molecule is CN(C)c1ccc(C(=O)NCCN2CCc3ccccc3C2)cc1. The van der Waals surface area contributed by atoms with Gasteiger partial charge in [0.15, 0.2) is 0 Å². The number of hydrogen-bond donors (Lipinski definition) is 1. The maximum atomic E-state index is 12.2. The molecule has 3 rings (SSSR count). The van der Waals surface area contributed by atoms with Gasteiger partial charge in [-0.15, -0.1) is 0 Å². The van der Waals surface area contributed by atoms with Gasteiger partial charge in [0.2, 0.25) is 0 Å². The molecule has 4 nitrogen and oxygen atoms in total. The highest BCUT2D eigenvalue weighted by atomic mass is 16.1. The lowest BCUT2D eigenvalue weighted by Gasteiger charge is -2.28. The molecule has 0 unspecified atom stereocenters. The van der Waals surface area contributed by atoms with Crippen LogP contribution in [0.5, 0.6) is 0 Å². The van der Waals surface area contributed by atoms with Crippen molar-refractivity contribution in [1.29, 1.82) is 0 Å². The predicted octanol–water partition coefficient (Wildman–Crippen LogP) is 2.54. The Balaban J connectivity index is 1.47. The van der Waals surface area contributed by atoms with Crippen molar-refractivity contribution in [3.8, 4) is 0 Å². The molecule has 0 aromatic heterocycles. The zero-order valence-electron chi connectivity index (χ0n) is 14.5. The molecular formula is C20H25N3O. The molecule has 0 fully saturated rings. The fourth-order valence-electron chi connectivity index (χ4n) is 3.09. The van der Waals surface area contributed by atoms with E-state index >= 15 is 0 Å². The largest absolute Gasteiger partial charge is 0.378 e. The van der Waals surface area contributed by atoms with E-state index in [1.807, 2.05) is 43.3 Å². The fraction of sp³-hybridized carbons (Fsp3) is 0.350. The number of hydrogen-bond acceptors (Lipinski definition) is 3. The minimum Gasteiger partial charge on any atom is -0.378 e. The van der Waals surface area contributed by atoms with E-state index in [4.69, 9.17) is 0 Å². The van der Waals surface area contributed by atoms with Crippen molar-refractivity contribution in [2.24, 2.45) is 0 Å². The van der Waals surface area contributed by atoms with Gasteiger partial charge in [0.1, 0.15) is 0 Å². The lowest BCUT2D eigenvalue weighted by molar-refractivity contribution is 0.0947. The van der Waals surface area contributed by atoms with Crippen LogP contribution in [0.2, 0.25) is 0 Å². The third-order valence-electron chi connectivity index (χ3n) is 4.57. The standard InChI is InChI=1S/C20H25N3O/c1-22(2)19-9-7-17(8-10-19)20(24)21-12-14-23-13-11-16-5-3-4-6-18(16)15-23/h3-10H,11-15H2,1-2H3,(H,21,24). The van der Waals surface area contributed by atoms with Gasteiger partial charge in [0.05, 0.1) is 0 Å². The van der Waals surface area contributed by atoms with Gasteiger partial charge in [-0.25, -0.2) is 0 Å². The molecule has 1 aliphatic heterocycles. The second-order valence-corrected chi connectivity index (χ2v) is 6.49. The summed E-state index contributed by atoms with van der Waals surface area (Å²) in [7, 11) is 3.98. The molecule has 24 heavy (non-hydrogen) atoms. The van der Waals surface area contributed by atoms with Gasteiger partial charge in [-0.2, -0.15) is 0 Å². The number of carbonyl (C=O) groups excluding carboxylic acids is 1. The summed E-state index contributed by atoms with van der Waals surface area (Å²) in [6, 6.07) is 16.3. The van der Waals surface area contributed by atoms with E-state index in [0.29, 0.717) is 12.1 Å². The van der Waals surface area contributed by atoms with E-state index < -0.39 is 0 Å². The molecule has 1 aliphatic rings. The number of fused-ring (bicyclic) bond motifs is 1. The third kappa shape index (κ3) is 3.95. The molecule has 126 valence electrons. The summed E-state index contributed by atoms with van der Waals surface area (Å²) in [5, 5.41) is 3.02. The summed E-state index contributed by atoms with van der Waals surface area (Å²) in [5.74, 6) is -0.00212. The molecule has 0 atom stereocenters. The van der Waals surface area contributed by atoms with E-state index in [2.05, 4.69) is 34.5 Å². The van der Waals surface area contributed by atoms with E-state index in [-0.39, 0.29) is 5.91 Å². The molecule has 0 spiro atoms. The van der Waals surface area contributed by atoms with Gasteiger partial charge >= 0.3 is 0 Å². The maximum Gasteiger partial charge on any atom is 0.251 e. The normalized spacial score (nSPS) is 14.1. The van der Waals surface area contributed by atoms with Crippen molar-refractivity contribution in [3.63, 3.8) is 0 Å². The minimum atomic E-state index is -0.00212. The highest BCUT2D eigenvalue weighted by Gasteiger charge is 2.15. The molecule has 0 radical (unpaired) electrons. The number of amides is 1. The smallest absolute Gasteiger partial charge is 0.251 e. The van der Waals surface area contributed by atoms with Gasteiger partial charge in [-0.1, -0.05) is 24.3 Å². The molecule has 0 saturated carbocycles. The fourth-order valence-corrected chi connectivity index (χ4v) is 3.09. The van der Waals surface area contributed by atoms with Crippen molar-refractivity contribution in [2.45, 2.75) is 13.0 Å². The van der Waals surface area contributed by atoms with Gasteiger partial charge in [0.25, 0.3) is 5.91 Å². The van der Waals surface area contributed by atoms with Crippen molar-refractivity contribution in [1.82, 2.24) is 10.2 Å². The van der Waals surface area contributed by atoms with Crippen LogP contribution in [0, 0.1) is 0 Å². The first kappa shape index (κ1) is 16.5. The Morgan fingerprint density at radius 3 is 2.50 bits per heavy atom. The first-order chi connectivity index (χ1) is 11.6. The molecule has 1 amide bonds. The van der Waals surface area contributed by atoms with E-state index in [1.165, 1.54) is 11.1 Å². The molecule has 4 heteroatoms. The van der Waals surface area contributed by atoms with Crippen molar-refractivity contribution >= 4 is 11.6 Å². The van der Waals surface area contributed by atoms with Crippen LogP contribution in [0.3, 0.4) is 0 Å². The number of carbonyl (C=O) groups is 1. The van der Waals surface area contributed by atoms with Crippen LogP contribution >= 0.6 is 0 Å². The molecule has 0 saturated heterocycles. The molecule has 0 bridgehead atoms. The molecule has 1 N–H and O–H groups in total. The van der Waals surface area contributed by atoms with Crippen LogP contribution in [0.4, 0.5) is 5.69 Å². The highest BCUT2D eigenvalue weighted by Crippen LogP contribution is 2.17. The lowest BCUT2D eigenvalue weighted by atomic mass is 10.00. The second kappa shape index (κ2) is 7.49. The zero-order chi connectivity index (χ0) is 16.9. The van der Waals surface area contributed by atoms with Crippen molar-refractivity contribution < 1.29 is 4.79 Å². The quantitative estimate of drug-likeness (QED) is 0.918. The Bertz CT molecular complexity index is 694. The zero-order valence-corrected chi connectivity index (χ0v) is 14.5. The molecule has 2 aromatic carbocycles. The first-order valence-electron chi connectivity index (χ1n) is 8.48. The topological polar surface area (TPSA) is 35.6 Å². The van der Waals surface area contributed by atoms with Gasteiger partial charge < -0.3 is 10.2 Å². The van der Waals surface area contributed by atoms with Crippen LogP contribution in [-0.2, 0) is 13.0 Å². The predicted molar refractivity (Wildman–Crippen MR) is 98.5 cm³/mol. The van der Waals surface area contributed by atoms with Crippen LogP contribution in [0.25, 0.3) is 0 Å². The number of nitrogens with zero attached hydrogens (tertiary/aromatic N) is 2. The van der Waals surface area contributed by atoms with Gasteiger partial charge in [-0.3, -0.25) is 9.69 Å². The van der Waals surface area contributed by atoms with Crippen LogP contribution in [0.15, 0.2) is 48.5 Å². The highest BCUT2D eigenvalue weighted by molar-refractivity contribution is 5.94. The summed E-state index contributed by atoms with van der Waals surface area (Å²) in [4.78, 5) is 16.6. The van der Waals surface area contributed by atoms with E-state index in [0.717, 1.165) is 31.7 Å². The summed E-state index contributed by atoms with van der Waals surface area (Å²) in [6.07, 6.45) is 1.09. The van der Waals surface area contributed by atoms with Crippen LogP contribution in [0.1, 0.15) is 21.5 Å². The first-order valence-corrected chi connectivity index (χ1v) is 8.48. The Labute approximate surface area is 144 Å². The lowest BCUT2D eigenvalue weighted by Crippen LogP contribution is -2.37. The van der Waals surface area contributed by atoms with Gasteiger partial charge in [0, 0.05) is 51.5 Å². The second-order valence-electron chi connectivity index (χ2n) is 6.49. The van der Waals surface area contributed by atoms with Gasteiger partial charge in [-0.05, 0) is 41.8 Å². The van der Waals surface area contributed by atoms with Crippen molar-refractivity contribution in [3.05, 3.63) is 65.2 Å². The number of nitrogens with one attached hydrogen (secondary N) is 1. The van der Waals surface area contributed by atoms with E-state index in [9.17, 15) is 4.79 Å². The average molecular weight is 323 g/mol. The molecule has 1 heterocycles. The van der Waals surface area contributed by atoms with Crippen molar-refractivity contribution in [2.75, 3.05) is 38.6 Å². The minimum absolute atomic E-state index is 0.00212. The third-order valence-corrected chi connectivity index (χ3v) is 4.57. The Morgan fingerprint density at radius 2 is 1.79 bits per heavy atom. The molecule has 0 aliphatic carbocycles. The summed E-state index contributed by atoms with van der Waals surface area (Å²) in [5.41, 5.74) is 4.68. The summed E-state index contributed by atoms with van der Waals surface area (Å²) in [6.45, 7) is 3.60. The Kier molecular flexibility index (Phi) is 5.16. The number of anilines is 1. The molecule has 2 aromatic rings. The van der Waals surface area contributed by atoms with E-state index in [1.54, 1.807) is 0 Å². The number of benzene rings is 2. The summed E-state index contributed by atoms with van der Waals surface area (Å²) < 4.78 is 0. The Hall–Kier alpha value is -2.33. The van der Waals surface area contributed by atoms with Crippen LogP contribution in [-0.4, -0.2) is 44.5 Å². The number of rotatable bonds is 5. The van der Waals surface area contributed by atoms with Crippen LogP contribution < -0.4 is 10.2 Å². The Morgan fingerprint density at radius 1 is 1.08 bits per heavy atom. The summed E-state index contributed by atoms with van der Waals surface area (Å²) >= 11 is 0. The average Bonchev–Trinajstić information content (AvgIpc) is 2.61. The molecular weight excluding hydrogens is 298 g/mol.